The van der Waals surface area contributed by atoms with E-state index in [4.69, 9.17) is 19.8 Å². The van der Waals surface area contributed by atoms with Gasteiger partial charge >= 0.3 is 7.12 Å². The molecule has 4 rings (SSSR count). The molecule has 0 spiro atoms. The number of nitrogens with one attached hydrogen (secondary N) is 1. The van der Waals surface area contributed by atoms with Gasteiger partial charge in [-0.05, 0) is 69.5 Å². The molecule has 3 aromatic rings. The first-order valence-corrected chi connectivity index (χ1v) is 11.6. The molecule has 35 heavy (non-hydrogen) atoms. The molecule has 1 amide bonds. The third-order valence-corrected chi connectivity index (χ3v) is 6.78. The Balaban J connectivity index is 1.67. The molecular formula is C26H31BFN3O4. The zero-order valence-corrected chi connectivity index (χ0v) is 20.8. The van der Waals surface area contributed by atoms with Crippen molar-refractivity contribution in [2.24, 2.45) is 5.73 Å². The van der Waals surface area contributed by atoms with Crippen LogP contribution in [0, 0.1) is 5.82 Å². The SMILES string of the molecule is COc1ccc(CNc2nc3cc(F)c(B4OC(C)(C)C(C)(C)O4)cc3cc2CCC(N)=O)cc1. The third-order valence-electron chi connectivity index (χ3n) is 6.78. The van der Waals surface area contributed by atoms with E-state index in [0.717, 1.165) is 22.3 Å². The first kappa shape index (κ1) is 24.9. The highest BCUT2D eigenvalue weighted by Gasteiger charge is 2.52. The fourth-order valence-electron chi connectivity index (χ4n) is 3.94. The van der Waals surface area contributed by atoms with Crippen molar-refractivity contribution in [3.05, 3.63) is 59.4 Å². The molecule has 1 fully saturated rings. The number of rotatable bonds is 8. The number of nitrogens with two attached hydrogens (primary N) is 1. The first-order valence-electron chi connectivity index (χ1n) is 11.6. The molecule has 1 aliphatic heterocycles. The molecule has 184 valence electrons. The smallest absolute Gasteiger partial charge is 0.497 e. The van der Waals surface area contributed by atoms with Gasteiger partial charge in [0.2, 0.25) is 5.91 Å². The lowest BCUT2D eigenvalue weighted by Crippen LogP contribution is -2.41. The maximum atomic E-state index is 15.2. The van der Waals surface area contributed by atoms with Crippen LogP contribution in [0.1, 0.15) is 45.2 Å². The van der Waals surface area contributed by atoms with Crippen LogP contribution in [0.15, 0.2) is 42.5 Å². The van der Waals surface area contributed by atoms with Gasteiger partial charge in [-0.2, -0.15) is 0 Å². The van der Waals surface area contributed by atoms with E-state index >= 15 is 4.39 Å². The Kier molecular flexibility index (Phi) is 6.75. The Morgan fingerprint density at radius 2 is 1.77 bits per heavy atom. The van der Waals surface area contributed by atoms with Crippen LogP contribution in [0.3, 0.4) is 0 Å². The summed E-state index contributed by atoms with van der Waals surface area (Å²) in [5.74, 6) is 0.503. The number of aromatic nitrogens is 1. The number of pyridine rings is 1. The number of primary amides is 1. The van der Waals surface area contributed by atoms with Crippen LogP contribution in [0.2, 0.25) is 0 Å². The number of carbonyl (C=O) groups is 1. The summed E-state index contributed by atoms with van der Waals surface area (Å²) in [7, 11) is 0.792. The van der Waals surface area contributed by atoms with E-state index in [1.54, 1.807) is 13.2 Å². The van der Waals surface area contributed by atoms with Gasteiger partial charge < -0.3 is 25.1 Å². The molecule has 0 atom stereocenters. The Hall–Kier alpha value is -3.17. The van der Waals surface area contributed by atoms with E-state index < -0.39 is 30.0 Å². The van der Waals surface area contributed by atoms with Crippen LogP contribution in [-0.2, 0) is 27.1 Å². The predicted octanol–water partition coefficient (Wildman–Crippen LogP) is 3.71. The highest BCUT2D eigenvalue weighted by atomic mass is 19.1. The van der Waals surface area contributed by atoms with Crippen molar-refractivity contribution >= 4 is 35.2 Å². The van der Waals surface area contributed by atoms with Crippen molar-refractivity contribution in [3.63, 3.8) is 0 Å². The number of fused-ring (bicyclic) bond motifs is 1. The van der Waals surface area contributed by atoms with Crippen LogP contribution in [0.4, 0.5) is 10.2 Å². The van der Waals surface area contributed by atoms with E-state index in [-0.39, 0.29) is 6.42 Å². The minimum atomic E-state index is -0.827. The molecular weight excluding hydrogens is 448 g/mol. The summed E-state index contributed by atoms with van der Waals surface area (Å²) in [5.41, 5.74) is 6.88. The minimum absolute atomic E-state index is 0.176. The highest BCUT2D eigenvalue weighted by Crippen LogP contribution is 2.37. The van der Waals surface area contributed by atoms with Gasteiger partial charge in [-0.15, -0.1) is 0 Å². The molecule has 0 bridgehead atoms. The number of carbonyl (C=O) groups excluding carboxylic acids is 1. The number of aryl methyl sites for hydroxylation is 1. The summed E-state index contributed by atoms with van der Waals surface area (Å²) in [6, 6.07) is 12.7. The number of amides is 1. The topological polar surface area (TPSA) is 95.7 Å². The first-order chi connectivity index (χ1) is 16.5. The lowest BCUT2D eigenvalue weighted by molar-refractivity contribution is -0.117. The van der Waals surface area contributed by atoms with Crippen LogP contribution in [0.25, 0.3) is 10.9 Å². The Morgan fingerprint density at radius 3 is 2.37 bits per heavy atom. The summed E-state index contributed by atoms with van der Waals surface area (Å²) in [5, 5.41) is 4.05. The predicted molar refractivity (Wildman–Crippen MR) is 135 cm³/mol. The zero-order chi connectivity index (χ0) is 25.4. The van der Waals surface area contributed by atoms with Crippen molar-refractivity contribution in [1.29, 1.82) is 0 Å². The molecule has 0 saturated carbocycles. The van der Waals surface area contributed by atoms with Crippen molar-refractivity contribution in [2.75, 3.05) is 12.4 Å². The standard InChI is InChI=1S/C26H31BFN3O4/c1-25(2)26(3,4)35-27(34-25)20-13-18-12-17(8-11-23(29)32)24(31-22(18)14-21(20)28)30-15-16-6-9-19(33-5)10-7-16/h6-7,9-10,12-14H,8,11,15H2,1-5H3,(H2,29,32)(H,30,31). The van der Waals surface area contributed by atoms with Crippen molar-refractivity contribution in [2.45, 2.75) is 58.3 Å². The summed E-state index contributed by atoms with van der Waals surface area (Å²) in [6.45, 7) is 8.21. The molecule has 2 aromatic carbocycles. The monoisotopic (exact) mass is 479 g/mol. The lowest BCUT2D eigenvalue weighted by Gasteiger charge is -2.32. The van der Waals surface area contributed by atoms with Crippen molar-refractivity contribution in [1.82, 2.24) is 4.98 Å². The Morgan fingerprint density at radius 1 is 1.11 bits per heavy atom. The largest absolute Gasteiger partial charge is 0.497 e. The van der Waals surface area contributed by atoms with E-state index in [1.165, 1.54) is 6.07 Å². The fourth-order valence-corrected chi connectivity index (χ4v) is 3.94. The van der Waals surface area contributed by atoms with Crippen molar-refractivity contribution in [3.8, 4) is 5.75 Å². The second-order valence-corrected chi connectivity index (χ2v) is 9.82. The average Bonchev–Trinajstić information content (AvgIpc) is 3.02. The molecule has 2 heterocycles. The van der Waals surface area contributed by atoms with Crippen molar-refractivity contribution < 1.29 is 23.2 Å². The Labute approximate surface area is 205 Å². The summed E-state index contributed by atoms with van der Waals surface area (Å²) < 4.78 is 32.5. The zero-order valence-electron chi connectivity index (χ0n) is 20.8. The molecule has 0 aliphatic carbocycles. The molecule has 3 N–H and O–H groups in total. The van der Waals surface area contributed by atoms with Gasteiger partial charge in [-0.1, -0.05) is 18.2 Å². The average molecular weight is 479 g/mol. The second kappa shape index (κ2) is 9.47. The normalized spacial score (nSPS) is 16.5. The number of nitrogens with zero attached hydrogens (tertiary/aromatic N) is 1. The van der Waals surface area contributed by atoms with Crippen LogP contribution < -0.4 is 21.3 Å². The molecule has 7 nitrogen and oxygen atoms in total. The lowest BCUT2D eigenvalue weighted by atomic mass is 9.78. The van der Waals surface area contributed by atoms with Gasteiger partial charge in [0, 0.05) is 23.8 Å². The van der Waals surface area contributed by atoms with Gasteiger partial charge in [-0.25, -0.2) is 9.37 Å². The van der Waals surface area contributed by atoms with Crippen LogP contribution in [0.5, 0.6) is 5.75 Å². The Bertz CT molecular complexity index is 1230. The maximum Gasteiger partial charge on any atom is 0.497 e. The second-order valence-electron chi connectivity index (χ2n) is 9.82. The maximum absolute atomic E-state index is 15.2. The molecule has 0 unspecified atom stereocenters. The van der Waals surface area contributed by atoms with E-state index in [9.17, 15) is 4.79 Å². The highest BCUT2D eigenvalue weighted by molar-refractivity contribution is 6.62. The summed E-state index contributed by atoms with van der Waals surface area (Å²) in [6.07, 6.45) is 0.585. The molecule has 9 heteroatoms. The number of ether oxygens (including phenoxy) is 1. The van der Waals surface area contributed by atoms with Gasteiger partial charge in [-0.3, -0.25) is 4.79 Å². The van der Waals surface area contributed by atoms with E-state index in [2.05, 4.69) is 10.3 Å². The number of hydrogen-bond donors (Lipinski definition) is 2. The number of methoxy groups -OCH3 is 1. The van der Waals surface area contributed by atoms with Gasteiger partial charge in [0.1, 0.15) is 17.4 Å². The number of halogens is 1. The molecule has 1 aliphatic rings. The van der Waals surface area contributed by atoms with Crippen LogP contribution >= 0.6 is 0 Å². The summed E-state index contributed by atoms with van der Waals surface area (Å²) >= 11 is 0. The fraction of sp³-hybridized carbons (Fsp3) is 0.385. The molecule has 0 radical (unpaired) electrons. The molecule has 1 aromatic heterocycles. The summed E-state index contributed by atoms with van der Waals surface area (Å²) in [4.78, 5) is 16.1. The van der Waals surface area contributed by atoms with Crippen LogP contribution in [-0.4, -0.2) is 36.3 Å². The van der Waals surface area contributed by atoms with E-state index in [0.29, 0.717) is 29.8 Å². The van der Waals surface area contributed by atoms with Gasteiger partial charge in [0.25, 0.3) is 0 Å². The number of hydrogen-bond acceptors (Lipinski definition) is 6. The van der Waals surface area contributed by atoms with Gasteiger partial charge in [0.05, 0.1) is 23.8 Å². The number of anilines is 1. The number of benzene rings is 2. The van der Waals surface area contributed by atoms with Gasteiger partial charge in [0.15, 0.2) is 0 Å². The molecule has 1 saturated heterocycles. The minimum Gasteiger partial charge on any atom is -0.497 e. The quantitative estimate of drug-likeness (QED) is 0.479. The van der Waals surface area contributed by atoms with E-state index in [1.807, 2.05) is 58.0 Å². The third kappa shape index (κ3) is 5.26.